The zero-order valence-corrected chi connectivity index (χ0v) is 23.9. The first-order chi connectivity index (χ1) is 18.6. The lowest BCUT2D eigenvalue weighted by atomic mass is 10.1. The van der Waals surface area contributed by atoms with Gasteiger partial charge in [0.25, 0.3) is 0 Å². The van der Waals surface area contributed by atoms with Crippen molar-refractivity contribution in [3.05, 3.63) is 60.3 Å². The van der Waals surface area contributed by atoms with Crippen molar-refractivity contribution < 1.29 is 14.6 Å². The van der Waals surface area contributed by atoms with Crippen molar-refractivity contribution in [2.24, 2.45) is 0 Å². The van der Waals surface area contributed by atoms with E-state index in [0.29, 0.717) is 0 Å². The fourth-order valence-electron chi connectivity index (χ4n) is 4.95. The van der Waals surface area contributed by atoms with Crippen LogP contribution in [0.1, 0.15) is 42.5 Å². The van der Waals surface area contributed by atoms with Crippen LogP contribution in [-0.4, -0.2) is 77.0 Å². The largest absolute Gasteiger partial charge is 0.478 e. The molecule has 0 atom stereocenters. The molecule has 1 aliphatic heterocycles. The second-order valence-electron chi connectivity index (χ2n) is 9.76. The molecule has 5 rings (SSSR count). The topological polar surface area (TPSA) is 83.2 Å². The number of aromatic nitrogens is 3. The van der Waals surface area contributed by atoms with Crippen molar-refractivity contribution in [1.29, 1.82) is 0 Å². The minimum atomic E-state index is -0.934. The predicted molar refractivity (Wildman–Crippen MR) is 160 cm³/mol. The molecule has 8 nitrogen and oxygen atoms in total. The van der Waals surface area contributed by atoms with Crippen molar-refractivity contribution in [2.45, 2.75) is 32.1 Å². The number of piperazine rings is 1. The zero-order valence-electron chi connectivity index (χ0n) is 22.3. The third-order valence-electron chi connectivity index (χ3n) is 7.19. The van der Waals surface area contributed by atoms with E-state index in [-0.39, 0.29) is 18.0 Å². The molecule has 1 saturated heterocycles. The van der Waals surface area contributed by atoms with Gasteiger partial charge in [0.2, 0.25) is 4.96 Å². The monoisotopic (exact) mass is 569 g/mol. The lowest BCUT2D eigenvalue weighted by Crippen LogP contribution is -2.46. The van der Waals surface area contributed by atoms with Crippen molar-refractivity contribution in [3.8, 4) is 21.8 Å². The summed E-state index contributed by atoms with van der Waals surface area (Å²) >= 11 is 1.55. The standard InChI is InChI=1S/C29H35N5O3S.ClH/c1-37-20-6-4-2-3-5-15-32-16-18-33(19-17-32)25-13-11-23(12-14-25)27-31-34-26(21-30-29(34)38-27)22-7-9-24(10-8-22)28(35)36;/h7-14,21H,2-6,15-20H2,1H3,(H,35,36);1H. The lowest BCUT2D eigenvalue weighted by Gasteiger charge is -2.36. The van der Waals surface area contributed by atoms with Gasteiger partial charge in [-0.1, -0.05) is 42.7 Å². The number of carbonyl (C=O) groups is 1. The van der Waals surface area contributed by atoms with Crippen molar-refractivity contribution >= 4 is 40.4 Å². The van der Waals surface area contributed by atoms with Gasteiger partial charge in [0.1, 0.15) is 5.01 Å². The first-order valence-electron chi connectivity index (χ1n) is 13.4. The van der Waals surface area contributed by atoms with E-state index < -0.39 is 5.97 Å². The molecule has 39 heavy (non-hydrogen) atoms. The number of anilines is 1. The van der Waals surface area contributed by atoms with Gasteiger partial charge in [-0.3, -0.25) is 4.90 Å². The summed E-state index contributed by atoms with van der Waals surface area (Å²) in [4.78, 5) is 21.6. The van der Waals surface area contributed by atoms with E-state index in [1.165, 1.54) is 44.3 Å². The van der Waals surface area contributed by atoms with Gasteiger partial charge in [-0.05, 0) is 55.8 Å². The number of rotatable bonds is 12. The number of carboxylic acid groups (broad SMARTS) is 1. The fourth-order valence-corrected chi connectivity index (χ4v) is 5.83. The molecule has 1 aliphatic rings. The molecule has 0 spiro atoms. The normalized spacial score (nSPS) is 14.0. The third kappa shape index (κ3) is 7.16. The highest BCUT2D eigenvalue weighted by atomic mass is 35.5. The predicted octanol–water partition coefficient (Wildman–Crippen LogP) is 5.96. The second-order valence-corrected chi connectivity index (χ2v) is 10.7. The van der Waals surface area contributed by atoms with Gasteiger partial charge in [-0.2, -0.15) is 5.10 Å². The fraction of sp³-hybridized carbons (Fsp3) is 0.414. The number of halogens is 1. The van der Waals surface area contributed by atoms with Gasteiger partial charge in [0.05, 0.1) is 17.5 Å². The molecule has 1 N–H and O–H groups in total. The van der Waals surface area contributed by atoms with E-state index in [0.717, 1.165) is 59.6 Å². The summed E-state index contributed by atoms with van der Waals surface area (Å²) in [6.07, 6.45) is 8.14. The summed E-state index contributed by atoms with van der Waals surface area (Å²) in [6, 6.07) is 15.5. The molecule has 0 saturated carbocycles. The number of carboxylic acids is 1. The number of aromatic carboxylic acids is 1. The Morgan fingerprint density at radius 1 is 0.923 bits per heavy atom. The summed E-state index contributed by atoms with van der Waals surface area (Å²) in [5.74, 6) is -0.934. The van der Waals surface area contributed by atoms with Crippen LogP contribution >= 0.6 is 23.7 Å². The molecule has 0 bridgehead atoms. The average Bonchev–Trinajstić information content (AvgIpc) is 3.54. The van der Waals surface area contributed by atoms with Crippen LogP contribution in [0.15, 0.2) is 54.7 Å². The van der Waals surface area contributed by atoms with Crippen molar-refractivity contribution in [1.82, 2.24) is 19.5 Å². The van der Waals surface area contributed by atoms with Gasteiger partial charge in [-0.15, -0.1) is 12.4 Å². The van der Waals surface area contributed by atoms with Crippen LogP contribution in [0, 0.1) is 0 Å². The zero-order chi connectivity index (χ0) is 26.3. The maximum atomic E-state index is 11.2. The van der Waals surface area contributed by atoms with E-state index in [1.807, 2.05) is 4.52 Å². The van der Waals surface area contributed by atoms with Crippen LogP contribution in [0.4, 0.5) is 5.69 Å². The Balaban J connectivity index is 0.00000353. The second kappa shape index (κ2) is 13.9. The number of ether oxygens (including phenoxy) is 1. The highest BCUT2D eigenvalue weighted by Gasteiger charge is 2.18. The molecule has 3 heterocycles. The van der Waals surface area contributed by atoms with E-state index in [4.69, 9.17) is 14.9 Å². The van der Waals surface area contributed by atoms with E-state index in [1.54, 1.807) is 48.9 Å². The molecule has 0 aliphatic carbocycles. The molecule has 2 aromatic carbocycles. The quantitative estimate of drug-likeness (QED) is 0.211. The Morgan fingerprint density at radius 3 is 2.28 bits per heavy atom. The van der Waals surface area contributed by atoms with Crippen molar-refractivity contribution in [2.75, 3.05) is 51.3 Å². The summed E-state index contributed by atoms with van der Waals surface area (Å²) in [5.41, 5.74) is 4.32. The number of hydrogen-bond donors (Lipinski definition) is 1. The molecular formula is C29H36ClN5O3S. The molecule has 0 radical (unpaired) electrons. The lowest BCUT2D eigenvalue weighted by molar-refractivity contribution is 0.0697. The Bertz CT molecular complexity index is 1330. The van der Waals surface area contributed by atoms with Gasteiger partial charge < -0.3 is 14.7 Å². The molecule has 208 valence electrons. The van der Waals surface area contributed by atoms with E-state index >= 15 is 0 Å². The molecule has 4 aromatic rings. The van der Waals surface area contributed by atoms with Crippen LogP contribution in [0.3, 0.4) is 0 Å². The smallest absolute Gasteiger partial charge is 0.335 e. The van der Waals surface area contributed by atoms with Crippen LogP contribution in [0.25, 0.3) is 26.8 Å². The van der Waals surface area contributed by atoms with Crippen LogP contribution in [0.2, 0.25) is 0 Å². The van der Waals surface area contributed by atoms with Crippen LogP contribution in [-0.2, 0) is 4.74 Å². The highest BCUT2D eigenvalue weighted by Crippen LogP contribution is 2.31. The van der Waals surface area contributed by atoms with Gasteiger partial charge in [0, 0.05) is 56.7 Å². The third-order valence-corrected chi connectivity index (χ3v) is 8.16. The number of imidazole rings is 1. The Hall–Kier alpha value is -2.98. The van der Waals surface area contributed by atoms with E-state index in [2.05, 4.69) is 39.0 Å². The number of unbranched alkanes of at least 4 members (excludes halogenated alkanes) is 4. The minimum Gasteiger partial charge on any atom is -0.478 e. The summed E-state index contributed by atoms with van der Waals surface area (Å²) in [7, 11) is 1.78. The molecule has 10 heteroatoms. The number of methoxy groups -OCH3 is 1. The number of fused-ring (bicyclic) bond motifs is 1. The Kier molecular flexibility index (Phi) is 10.3. The minimum absolute atomic E-state index is 0. The van der Waals surface area contributed by atoms with Crippen LogP contribution < -0.4 is 4.90 Å². The van der Waals surface area contributed by atoms with Crippen LogP contribution in [0.5, 0.6) is 0 Å². The SMILES string of the molecule is COCCCCCCCN1CCN(c2ccc(-c3nn4c(-c5ccc(C(=O)O)cc5)cnc4s3)cc2)CC1.Cl. The number of hydrogen-bond acceptors (Lipinski definition) is 7. The maximum absolute atomic E-state index is 11.2. The molecular weight excluding hydrogens is 534 g/mol. The summed E-state index contributed by atoms with van der Waals surface area (Å²) in [5, 5.41) is 14.9. The maximum Gasteiger partial charge on any atom is 0.335 e. The number of benzene rings is 2. The number of nitrogens with zero attached hydrogens (tertiary/aromatic N) is 5. The Morgan fingerprint density at radius 2 is 1.59 bits per heavy atom. The summed E-state index contributed by atoms with van der Waals surface area (Å²) < 4.78 is 6.96. The van der Waals surface area contributed by atoms with Gasteiger partial charge >= 0.3 is 5.97 Å². The first kappa shape index (κ1) is 29.0. The van der Waals surface area contributed by atoms with Gasteiger partial charge in [-0.25, -0.2) is 14.3 Å². The van der Waals surface area contributed by atoms with Crippen molar-refractivity contribution in [3.63, 3.8) is 0 Å². The first-order valence-corrected chi connectivity index (χ1v) is 14.2. The van der Waals surface area contributed by atoms with Gasteiger partial charge in [0.15, 0.2) is 0 Å². The average molecular weight is 570 g/mol. The summed E-state index contributed by atoms with van der Waals surface area (Å²) in [6.45, 7) is 6.43. The highest BCUT2D eigenvalue weighted by molar-refractivity contribution is 7.19. The molecule has 0 amide bonds. The molecule has 0 unspecified atom stereocenters. The Labute approximate surface area is 239 Å². The molecule has 2 aromatic heterocycles. The van der Waals surface area contributed by atoms with E-state index in [9.17, 15) is 4.79 Å². The molecule has 1 fully saturated rings.